The zero-order valence-corrected chi connectivity index (χ0v) is 14.3. The molecule has 0 N–H and O–H groups in total. The molecule has 0 amide bonds. The fourth-order valence-electron chi connectivity index (χ4n) is 2.47. The highest BCUT2D eigenvalue weighted by Crippen LogP contribution is 2.26. The van der Waals surface area contributed by atoms with Crippen LogP contribution >= 0.6 is 11.3 Å². The van der Waals surface area contributed by atoms with Gasteiger partial charge in [-0.05, 0) is 30.7 Å². The van der Waals surface area contributed by atoms with Crippen molar-refractivity contribution in [1.82, 2.24) is 4.68 Å². The minimum absolute atomic E-state index is 0.743. The van der Waals surface area contributed by atoms with E-state index in [1.165, 1.54) is 5.39 Å². The van der Waals surface area contributed by atoms with Crippen LogP contribution in [0.3, 0.4) is 0 Å². The molecular weight excluding hydrogens is 306 g/mol. The fraction of sp³-hybridized carbons (Fsp3) is 0.222. The lowest BCUT2D eigenvalue weighted by Gasteiger charge is -2.08. The van der Waals surface area contributed by atoms with Gasteiger partial charge in [-0.1, -0.05) is 30.3 Å². The lowest BCUT2D eigenvalue weighted by atomic mass is 10.0. The molecule has 3 rings (SSSR count). The van der Waals surface area contributed by atoms with Gasteiger partial charge in [0.25, 0.3) is 0 Å². The number of nitrogens with zero attached hydrogens (tertiary/aromatic N) is 3. The van der Waals surface area contributed by atoms with E-state index in [9.17, 15) is 0 Å². The van der Waals surface area contributed by atoms with E-state index >= 15 is 0 Å². The fourth-order valence-corrected chi connectivity index (χ4v) is 3.34. The molecule has 4 nitrogen and oxygen atoms in total. The third-order valence-corrected chi connectivity index (χ3v) is 4.57. The Labute approximate surface area is 139 Å². The van der Waals surface area contributed by atoms with E-state index in [2.05, 4.69) is 33.7 Å². The summed E-state index contributed by atoms with van der Waals surface area (Å²) in [7, 11) is 1.68. The standard InChI is InChI=1S/C18H19N3OS/c1-4-19-18-21(13(2)12-23-18)20-11-16-15-8-6-5-7-14(15)9-10-17(16)22-3/h5-12H,4H2,1-3H3. The average Bonchev–Trinajstić information content (AvgIpc) is 2.93. The molecular formula is C18H19N3OS. The monoisotopic (exact) mass is 325 g/mol. The highest BCUT2D eigenvalue weighted by molar-refractivity contribution is 7.07. The number of rotatable bonds is 4. The largest absolute Gasteiger partial charge is 0.496 e. The lowest BCUT2D eigenvalue weighted by molar-refractivity contribution is 0.415. The van der Waals surface area contributed by atoms with Gasteiger partial charge in [-0.2, -0.15) is 5.10 Å². The molecule has 5 heteroatoms. The predicted octanol–water partition coefficient (Wildman–Crippen LogP) is 3.82. The second kappa shape index (κ2) is 6.79. The second-order valence-electron chi connectivity index (χ2n) is 5.09. The molecule has 0 aliphatic rings. The van der Waals surface area contributed by atoms with Crippen molar-refractivity contribution in [1.29, 1.82) is 0 Å². The molecule has 0 atom stereocenters. The second-order valence-corrected chi connectivity index (χ2v) is 5.93. The van der Waals surface area contributed by atoms with Crippen LogP contribution in [-0.2, 0) is 0 Å². The third-order valence-electron chi connectivity index (χ3n) is 3.60. The zero-order chi connectivity index (χ0) is 16.2. The Balaban J connectivity index is 2.15. The molecule has 0 saturated heterocycles. The number of benzene rings is 2. The molecule has 118 valence electrons. The summed E-state index contributed by atoms with van der Waals surface area (Å²) in [5.74, 6) is 0.815. The summed E-state index contributed by atoms with van der Waals surface area (Å²) in [5.41, 5.74) is 2.05. The molecule has 1 aromatic heterocycles. The number of aryl methyl sites for hydroxylation is 1. The number of hydrogen-bond donors (Lipinski definition) is 0. The molecule has 0 aliphatic heterocycles. The quantitative estimate of drug-likeness (QED) is 0.672. The minimum atomic E-state index is 0.743. The Morgan fingerprint density at radius 1 is 1.22 bits per heavy atom. The van der Waals surface area contributed by atoms with Crippen LogP contribution < -0.4 is 9.54 Å². The summed E-state index contributed by atoms with van der Waals surface area (Å²) in [5, 5.41) is 8.99. The molecule has 0 aliphatic carbocycles. The zero-order valence-electron chi connectivity index (χ0n) is 13.5. The van der Waals surface area contributed by atoms with Crippen LogP contribution in [0.2, 0.25) is 0 Å². The van der Waals surface area contributed by atoms with Crippen LogP contribution in [0.4, 0.5) is 0 Å². The number of thiazole rings is 1. The number of aromatic nitrogens is 1. The third kappa shape index (κ3) is 3.05. The normalized spacial score (nSPS) is 12.4. The SMILES string of the molecule is CCN=c1scc(C)n1N=Cc1c(OC)ccc2ccccc12. The van der Waals surface area contributed by atoms with Gasteiger partial charge in [-0.15, -0.1) is 11.3 Å². The van der Waals surface area contributed by atoms with E-state index < -0.39 is 0 Å². The van der Waals surface area contributed by atoms with E-state index in [0.29, 0.717) is 0 Å². The molecule has 23 heavy (non-hydrogen) atoms. The number of methoxy groups -OCH3 is 1. The van der Waals surface area contributed by atoms with Gasteiger partial charge in [0.05, 0.1) is 19.0 Å². The van der Waals surface area contributed by atoms with E-state index in [1.54, 1.807) is 18.4 Å². The predicted molar refractivity (Wildman–Crippen MR) is 96.6 cm³/mol. The van der Waals surface area contributed by atoms with Crippen molar-refractivity contribution < 1.29 is 4.74 Å². The summed E-state index contributed by atoms with van der Waals surface area (Å²) >= 11 is 1.60. The maximum atomic E-state index is 5.51. The van der Waals surface area contributed by atoms with Crippen LogP contribution in [0.1, 0.15) is 18.2 Å². The molecule has 0 bridgehead atoms. The van der Waals surface area contributed by atoms with E-state index in [1.807, 2.05) is 42.9 Å². The molecule has 0 spiro atoms. The minimum Gasteiger partial charge on any atom is -0.496 e. The summed E-state index contributed by atoms with van der Waals surface area (Å²) in [6.07, 6.45) is 1.86. The molecule has 2 aromatic carbocycles. The van der Waals surface area contributed by atoms with Crippen LogP contribution in [0.15, 0.2) is 51.9 Å². The Hall–Kier alpha value is -2.40. The van der Waals surface area contributed by atoms with Gasteiger partial charge in [-0.3, -0.25) is 4.99 Å². The molecule has 0 radical (unpaired) electrons. The smallest absolute Gasteiger partial charge is 0.205 e. The van der Waals surface area contributed by atoms with Gasteiger partial charge >= 0.3 is 0 Å². The highest BCUT2D eigenvalue weighted by atomic mass is 32.1. The van der Waals surface area contributed by atoms with Gasteiger partial charge in [0.15, 0.2) is 0 Å². The van der Waals surface area contributed by atoms with Gasteiger partial charge in [0.1, 0.15) is 5.75 Å². The first-order valence-electron chi connectivity index (χ1n) is 7.52. The van der Waals surface area contributed by atoms with Crippen molar-refractivity contribution in [2.45, 2.75) is 13.8 Å². The summed E-state index contributed by atoms with van der Waals surface area (Å²) in [6, 6.07) is 12.3. The van der Waals surface area contributed by atoms with Crippen molar-refractivity contribution in [2.24, 2.45) is 10.1 Å². The van der Waals surface area contributed by atoms with Crippen LogP contribution in [0.25, 0.3) is 10.8 Å². The number of ether oxygens (including phenoxy) is 1. The Kier molecular flexibility index (Phi) is 4.57. The summed E-state index contributed by atoms with van der Waals surface area (Å²) in [6.45, 7) is 4.80. The van der Waals surface area contributed by atoms with Gasteiger partial charge in [0.2, 0.25) is 4.80 Å². The van der Waals surface area contributed by atoms with Gasteiger partial charge < -0.3 is 4.74 Å². The maximum absolute atomic E-state index is 5.51. The topological polar surface area (TPSA) is 38.9 Å². The van der Waals surface area contributed by atoms with Crippen molar-refractivity contribution in [3.63, 3.8) is 0 Å². The van der Waals surface area contributed by atoms with E-state index in [0.717, 1.165) is 33.7 Å². The molecule has 0 unspecified atom stereocenters. The maximum Gasteiger partial charge on any atom is 0.205 e. The van der Waals surface area contributed by atoms with E-state index in [4.69, 9.17) is 4.74 Å². The summed E-state index contributed by atoms with van der Waals surface area (Å²) < 4.78 is 7.38. The first kappa shape index (κ1) is 15.5. The van der Waals surface area contributed by atoms with Gasteiger partial charge in [0, 0.05) is 17.5 Å². The van der Waals surface area contributed by atoms with Gasteiger partial charge in [-0.25, -0.2) is 4.68 Å². The number of hydrogen-bond acceptors (Lipinski definition) is 4. The van der Waals surface area contributed by atoms with Crippen molar-refractivity contribution in [2.75, 3.05) is 13.7 Å². The Morgan fingerprint density at radius 2 is 2.04 bits per heavy atom. The first-order valence-corrected chi connectivity index (χ1v) is 8.40. The Bertz CT molecular complexity index is 921. The molecule has 0 fully saturated rings. The number of fused-ring (bicyclic) bond motifs is 1. The average molecular weight is 325 g/mol. The van der Waals surface area contributed by atoms with Crippen molar-refractivity contribution in [3.05, 3.63) is 57.8 Å². The highest BCUT2D eigenvalue weighted by Gasteiger charge is 2.06. The molecule has 1 heterocycles. The van der Waals surface area contributed by atoms with Crippen molar-refractivity contribution in [3.8, 4) is 5.75 Å². The summed E-state index contributed by atoms with van der Waals surface area (Å²) in [4.78, 5) is 5.38. The molecule has 3 aromatic rings. The Morgan fingerprint density at radius 3 is 2.83 bits per heavy atom. The molecule has 0 saturated carbocycles. The van der Waals surface area contributed by atoms with Crippen LogP contribution in [0, 0.1) is 6.92 Å². The van der Waals surface area contributed by atoms with E-state index in [-0.39, 0.29) is 0 Å². The lowest BCUT2D eigenvalue weighted by Crippen LogP contribution is -2.12. The van der Waals surface area contributed by atoms with Crippen molar-refractivity contribution >= 4 is 28.3 Å². The van der Waals surface area contributed by atoms with Crippen LogP contribution in [-0.4, -0.2) is 24.5 Å². The van der Waals surface area contributed by atoms with Crippen LogP contribution in [0.5, 0.6) is 5.75 Å². The first-order chi connectivity index (χ1) is 11.2.